The van der Waals surface area contributed by atoms with Crippen molar-refractivity contribution in [1.29, 1.82) is 0 Å². The molecule has 1 saturated heterocycles. The van der Waals surface area contributed by atoms with Crippen LogP contribution in [0.4, 0.5) is 5.82 Å². The number of carboxylic acid groups (broad SMARTS) is 1. The van der Waals surface area contributed by atoms with E-state index in [0.29, 0.717) is 6.42 Å². The Kier molecular flexibility index (Phi) is 8.99. The lowest BCUT2D eigenvalue weighted by Gasteiger charge is -2.19. The van der Waals surface area contributed by atoms with E-state index in [9.17, 15) is 19.8 Å². The van der Waals surface area contributed by atoms with Crippen LogP contribution in [0, 0.1) is 5.92 Å². The van der Waals surface area contributed by atoms with Crippen molar-refractivity contribution in [1.82, 2.24) is 9.55 Å². The molecule has 158 valence electrons. The fourth-order valence-electron chi connectivity index (χ4n) is 2.46. The number of nitrogen functional groups attached to an aromatic ring is 1. The van der Waals surface area contributed by atoms with Gasteiger partial charge in [0.15, 0.2) is 6.23 Å². The van der Waals surface area contributed by atoms with Crippen molar-refractivity contribution in [2.75, 3.05) is 12.3 Å². The number of carbonyl (C=O) groups excluding carboxylic acids is 1. The van der Waals surface area contributed by atoms with Gasteiger partial charge in [0.05, 0.1) is 0 Å². The highest BCUT2D eigenvalue weighted by atomic mass is 16.6. The molecule has 0 spiro atoms. The molecule has 1 aromatic heterocycles. The van der Waals surface area contributed by atoms with Gasteiger partial charge in [-0.05, 0) is 12.0 Å². The van der Waals surface area contributed by atoms with E-state index in [2.05, 4.69) is 4.98 Å². The average Bonchev–Trinajstić information content (AvgIpc) is 2.93. The Bertz CT molecular complexity index is 712. The summed E-state index contributed by atoms with van der Waals surface area (Å²) in [6.07, 6.45) is -2.89. The molecule has 1 aliphatic rings. The molecule has 0 bridgehead atoms. The molecule has 0 aliphatic carbocycles. The molecule has 2 rings (SSSR count). The fourth-order valence-corrected chi connectivity index (χ4v) is 2.46. The van der Waals surface area contributed by atoms with Gasteiger partial charge in [-0.1, -0.05) is 20.3 Å². The minimum atomic E-state index is -1.39. The first-order valence-electron chi connectivity index (χ1n) is 8.54. The van der Waals surface area contributed by atoms with Crippen LogP contribution in [-0.4, -0.2) is 68.3 Å². The van der Waals surface area contributed by atoms with E-state index in [0.717, 1.165) is 4.57 Å². The molecule has 0 aromatic carbocycles. The highest BCUT2D eigenvalue weighted by molar-refractivity contribution is 5.75. The molecule has 6 atom stereocenters. The third kappa shape index (κ3) is 5.73. The molecule has 2 heterocycles. The van der Waals surface area contributed by atoms with Gasteiger partial charge in [-0.3, -0.25) is 14.2 Å². The summed E-state index contributed by atoms with van der Waals surface area (Å²) in [4.78, 5) is 35.7. The summed E-state index contributed by atoms with van der Waals surface area (Å²) >= 11 is 0. The standard InChI is InChI=1S/C15H24N4O6.CH2O2/c1-3-7(2)10(17)14(22)24-6-8-11(20)12(21)13(25-8)19-5-4-9(16)18-15(19)23;2-1-3/h4-5,7-8,10-13,20-21H,3,6,17H2,1-2H3,(H2,16,18,23);1H,(H,2,3)/t7-,8-,10-,11-,12+,13-;/m1./s1. The Morgan fingerprint density at radius 3 is 2.61 bits per heavy atom. The largest absolute Gasteiger partial charge is 0.483 e. The van der Waals surface area contributed by atoms with Crippen LogP contribution in [0.15, 0.2) is 17.1 Å². The molecular weight excluding hydrogens is 376 g/mol. The summed E-state index contributed by atoms with van der Waals surface area (Å²) in [5.74, 6) is -0.645. The maximum atomic E-state index is 11.9. The molecule has 12 heteroatoms. The number of aliphatic hydroxyl groups excluding tert-OH is 2. The smallest absolute Gasteiger partial charge is 0.351 e. The quantitative estimate of drug-likeness (QED) is 0.262. The minimum Gasteiger partial charge on any atom is -0.483 e. The van der Waals surface area contributed by atoms with Crippen LogP contribution in [-0.2, 0) is 19.1 Å². The first-order chi connectivity index (χ1) is 13.2. The fraction of sp³-hybridized carbons (Fsp3) is 0.625. The molecule has 0 saturated carbocycles. The van der Waals surface area contributed by atoms with Crippen molar-refractivity contribution in [2.45, 2.75) is 50.8 Å². The van der Waals surface area contributed by atoms with Crippen LogP contribution in [0.25, 0.3) is 0 Å². The second-order valence-corrected chi connectivity index (χ2v) is 6.24. The number of aliphatic hydroxyl groups is 2. The molecule has 0 amide bonds. The summed E-state index contributed by atoms with van der Waals surface area (Å²) in [6, 6.07) is 0.579. The summed E-state index contributed by atoms with van der Waals surface area (Å²) in [5, 5.41) is 27.1. The first-order valence-corrected chi connectivity index (χ1v) is 8.54. The lowest BCUT2D eigenvalue weighted by Crippen LogP contribution is -2.41. The molecular formula is C16H26N4O8. The Hall–Kier alpha value is -2.54. The Morgan fingerprint density at radius 1 is 1.46 bits per heavy atom. The third-order valence-electron chi connectivity index (χ3n) is 4.38. The zero-order valence-electron chi connectivity index (χ0n) is 15.5. The molecule has 1 aliphatic heterocycles. The number of aromatic nitrogens is 2. The summed E-state index contributed by atoms with van der Waals surface area (Å²) in [5.41, 5.74) is 10.5. The number of hydrogen-bond donors (Lipinski definition) is 5. The highest BCUT2D eigenvalue weighted by Gasteiger charge is 2.44. The van der Waals surface area contributed by atoms with E-state index in [1.807, 2.05) is 13.8 Å². The topological polar surface area (TPSA) is 200 Å². The number of hydrogen-bond acceptors (Lipinski definition) is 10. The Labute approximate surface area is 160 Å². The average molecular weight is 402 g/mol. The summed E-state index contributed by atoms with van der Waals surface area (Å²) < 4.78 is 11.6. The van der Waals surface area contributed by atoms with Gasteiger partial charge in [-0.25, -0.2) is 4.79 Å². The van der Waals surface area contributed by atoms with Crippen LogP contribution in [0.1, 0.15) is 26.5 Å². The Morgan fingerprint density at radius 2 is 2.07 bits per heavy atom. The van der Waals surface area contributed by atoms with E-state index in [-0.39, 0.29) is 24.8 Å². The number of nitrogens with zero attached hydrogens (tertiary/aromatic N) is 2. The van der Waals surface area contributed by atoms with Crippen molar-refractivity contribution in [3.8, 4) is 0 Å². The van der Waals surface area contributed by atoms with Crippen molar-refractivity contribution in [3.63, 3.8) is 0 Å². The van der Waals surface area contributed by atoms with Crippen molar-refractivity contribution in [3.05, 3.63) is 22.7 Å². The van der Waals surface area contributed by atoms with E-state index in [1.165, 1.54) is 12.3 Å². The number of rotatable bonds is 6. The normalized spacial score (nSPS) is 25.9. The zero-order valence-corrected chi connectivity index (χ0v) is 15.5. The number of nitrogens with two attached hydrogens (primary N) is 2. The molecule has 0 radical (unpaired) electrons. The predicted octanol–water partition coefficient (Wildman–Crippen LogP) is -1.94. The lowest BCUT2D eigenvalue weighted by molar-refractivity contribution is -0.153. The number of carbonyl (C=O) groups is 2. The highest BCUT2D eigenvalue weighted by Crippen LogP contribution is 2.28. The van der Waals surface area contributed by atoms with Crippen LogP contribution < -0.4 is 17.2 Å². The van der Waals surface area contributed by atoms with Gasteiger partial charge in [-0.15, -0.1) is 0 Å². The van der Waals surface area contributed by atoms with Gasteiger partial charge in [0.2, 0.25) is 0 Å². The van der Waals surface area contributed by atoms with Crippen molar-refractivity contribution < 1.29 is 34.4 Å². The molecule has 12 nitrogen and oxygen atoms in total. The van der Waals surface area contributed by atoms with E-state index >= 15 is 0 Å². The van der Waals surface area contributed by atoms with Crippen LogP contribution >= 0.6 is 0 Å². The lowest BCUT2D eigenvalue weighted by atomic mass is 10.0. The number of anilines is 1. The SMILES string of the molecule is CC[C@@H](C)[C@@H](N)C(=O)OC[C@H]1O[C@@H](n2ccc(N)nc2=O)[C@@H](O)[C@@H]1O.O=CO. The minimum absolute atomic E-state index is 0.0267. The third-order valence-corrected chi connectivity index (χ3v) is 4.38. The first kappa shape index (κ1) is 23.5. The molecule has 1 fully saturated rings. The van der Waals surface area contributed by atoms with E-state index in [4.69, 9.17) is 30.8 Å². The second-order valence-electron chi connectivity index (χ2n) is 6.24. The summed E-state index contributed by atoms with van der Waals surface area (Å²) in [7, 11) is 0. The van der Waals surface area contributed by atoms with Crippen LogP contribution in [0.3, 0.4) is 0 Å². The van der Waals surface area contributed by atoms with Crippen LogP contribution in [0.5, 0.6) is 0 Å². The molecule has 0 unspecified atom stereocenters. The number of esters is 1. The van der Waals surface area contributed by atoms with Crippen molar-refractivity contribution in [2.24, 2.45) is 11.7 Å². The summed E-state index contributed by atoms with van der Waals surface area (Å²) in [6.45, 7) is 3.18. The molecule has 28 heavy (non-hydrogen) atoms. The second kappa shape index (κ2) is 10.7. The van der Waals surface area contributed by atoms with E-state index in [1.54, 1.807) is 0 Å². The zero-order chi connectivity index (χ0) is 21.4. The van der Waals surface area contributed by atoms with E-state index < -0.39 is 42.2 Å². The maximum absolute atomic E-state index is 11.9. The van der Waals surface area contributed by atoms with Gasteiger partial charge < -0.3 is 36.3 Å². The van der Waals surface area contributed by atoms with Gasteiger partial charge in [0.25, 0.3) is 6.47 Å². The van der Waals surface area contributed by atoms with Gasteiger partial charge >= 0.3 is 11.7 Å². The predicted molar refractivity (Wildman–Crippen MR) is 95.9 cm³/mol. The van der Waals surface area contributed by atoms with Gasteiger partial charge in [-0.2, -0.15) is 4.98 Å². The number of ether oxygens (including phenoxy) is 2. The van der Waals surface area contributed by atoms with Gasteiger partial charge in [0.1, 0.15) is 36.8 Å². The van der Waals surface area contributed by atoms with Gasteiger partial charge in [0, 0.05) is 6.20 Å². The van der Waals surface area contributed by atoms with Crippen molar-refractivity contribution >= 4 is 18.3 Å². The monoisotopic (exact) mass is 402 g/mol. The molecule has 7 N–H and O–H groups in total. The maximum Gasteiger partial charge on any atom is 0.351 e. The van der Waals surface area contributed by atoms with Crippen LogP contribution in [0.2, 0.25) is 0 Å². The Balaban J connectivity index is 0.00000122. The molecule has 1 aromatic rings.